The van der Waals surface area contributed by atoms with Gasteiger partial charge in [-0.2, -0.15) is 5.10 Å². The lowest BCUT2D eigenvalue weighted by molar-refractivity contribution is -0.0127. The number of halogens is 3. The van der Waals surface area contributed by atoms with Crippen molar-refractivity contribution >= 4 is 0 Å². The van der Waals surface area contributed by atoms with E-state index in [1.54, 1.807) is 41.3 Å². The van der Waals surface area contributed by atoms with Gasteiger partial charge < -0.3 is 0 Å². The summed E-state index contributed by atoms with van der Waals surface area (Å²) in [4.78, 5) is 8.27. The number of benzene rings is 1. The minimum atomic E-state index is -2.78. The van der Waals surface area contributed by atoms with Gasteiger partial charge in [0.2, 0.25) is 0 Å². The highest BCUT2D eigenvalue weighted by molar-refractivity contribution is 5.57. The van der Waals surface area contributed by atoms with Crippen LogP contribution in [0.25, 0.3) is 11.5 Å². The minimum Gasteiger partial charge on any atom is -0.264 e. The van der Waals surface area contributed by atoms with E-state index >= 15 is 0 Å². The number of fused-ring (bicyclic) bond motifs is 1. The fraction of sp³-hybridized carbons (Fsp3) is 0.278. The van der Waals surface area contributed by atoms with Crippen molar-refractivity contribution in [2.24, 2.45) is 0 Å². The second-order valence-corrected chi connectivity index (χ2v) is 6.13. The Morgan fingerprint density at radius 1 is 1.08 bits per heavy atom. The van der Waals surface area contributed by atoms with E-state index in [1.165, 1.54) is 6.07 Å². The van der Waals surface area contributed by atoms with Crippen molar-refractivity contribution in [1.29, 1.82) is 0 Å². The van der Waals surface area contributed by atoms with Crippen LogP contribution in [0.1, 0.15) is 23.2 Å². The highest BCUT2D eigenvalue weighted by Crippen LogP contribution is 2.37. The van der Waals surface area contributed by atoms with Gasteiger partial charge in [0.25, 0.3) is 5.92 Å². The SMILES string of the molecule is Fc1ccccc1Cn1nc(-c2ncccn2)c2c1CCC(F)(F)C2. The Morgan fingerprint density at radius 2 is 1.84 bits per heavy atom. The monoisotopic (exact) mass is 344 g/mol. The maximum absolute atomic E-state index is 14.0. The van der Waals surface area contributed by atoms with Crippen LogP contribution in [0.2, 0.25) is 0 Å². The largest absolute Gasteiger partial charge is 0.264 e. The van der Waals surface area contributed by atoms with Gasteiger partial charge in [0.05, 0.1) is 6.54 Å². The van der Waals surface area contributed by atoms with Crippen molar-refractivity contribution < 1.29 is 13.2 Å². The Hall–Kier alpha value is -2.70. The maximum atomic E-state index is 14.0. The van der Waals surface area contributed by atoms with Crippen LogP contribution in [-0.2, 0) is 19.4 Å². The second kappa shape index (κ2) is 5.98. The molecule has 0 fully saturated rings. The van der Waals surface area contributed by atoms with E-state index in [1.807, 2.05) is 0 Å². The lowest BCUT2D eigenvalue weighted by Gasteiger charge is -2.23. The molecule has 0 atom stereocenters. The lowest BCUT2D eigenvalue weighted by atomic mass is 9.92. The number of nitrogens with zero attached hydrogens (tertiary/aromatic N) is 4. The van der Waals surface area contributed by atoms with Crippen LogP contribution in [0, 0.1) is 5.82 Å². The molecule has 0 saturated heterocycles. The molecule has 0 unspecified atom stereocenters. The van der Waals surface area contributed by atoms with E-state index in [4.69, 9.17) is 0 Å². The van der Waals surface area contributed by atoms with Crippen LogP contribution in [0.3, 0.4) is 0 Å². The number of alkyl halides is 2. The molecule has 128 valence electrons. The summed E-state index contributed by atoms with van der Waals surface area (Å²) in [5.74, 6) is -2.81. The van der Waals surface area contributed by atoms with Crippen molar-refractivity contribution in [2.45, 2.75) is 31.7 Å². The average Bonchev–Trinajstić information content (AvgIpc) is 2.94. The lowest BCUT2D eigenvalue weighted by Crippen LogP contribution is -2.27. The number of rotatable bonds is 3. The summed E-state index contributed by atoms with van der Waals surface area (Å²) in [5, 5.41) is 4.46. The molecule has 0 aliphatic heterocycles. The Labute approximate surface area is 142 Å². The molecular formula is C18H15F3N4. The molecule has 0 bridgehead atoms. The first-order chi connectivity index (χ1) is 12.0. The van der Waals surface area contributed by atoms with Gasteiger partial charge in [-0.05, 0) is 18.6 Å². The second-order valence-electron chi connectivity index (χ2n) is 6.13. The van der Waals surface area contributed by atoms with E-state index in [0.717, 1.165) is 0 Å². The van der Waals surface area contributed by atoms with E-state index in [2.05, 4.69) is 15.1 Å². The number of aromatic nitrogens is 4. The van der Waals surface area contributed by atoms with Crippen molar-refractivity contribution in [3.8, 4) is 11.5 Å². The van der Waals surface area contributed by atoms with Crippen LogP contribution in [-0.4, -0.2) is 25.7 Å². The molecule has 2 aromatic heterocycles. The standard InChI is InChI=1S/C18H15F3N4/c19-14-5-2-1-4-12(14)11-25-15-6-7-18(20,21)10-13(15)16(24-25)17-22-8-3-9-23-17/h1-5,8-9H,6-7,10-11H2. The predicted molar refractivity (Wildman–Crippen MR) is 85.7 cm³/mol. The zero-order valence-corrected chi connectivity index (χ0v) is 13.3. The molecule has 0 N–H and O–H groups in total. The molecule has 1 aliphatic carbocycles. The molecule has 0 saturated carbocycles. The fourth-order valence-electron chi connectivity index (χ4n) is 3.17. The van der Waals surface area contributed by atoms with Gasteiger partial charge in [-0.15, -0.1) is 0 Å². The molecule has 4 rings (SSSR count). The summed E-state index contributed by atoms with van der Waals surface area (Å²) in [5.41, 5.74) is 1.98. The minimum absolute atomic E-state index is 0.188. The predicted octanol–water partition coefficient (Wildman–Crippen LogP) is 3.65. The normalized spacial score (nSPS) is 15.8. The molecule has 4 nitrogen and oxygen atoms in total. The quantitative estimate of drug-likeness (QED) is 0.728. The van der Waals surface area contributed by atoms with Crippen LogP contribution in [0.4, 0.5) is 13.2 Å². The zero-order chi connectivity index (χ0) is 17.4. The number of hydrogen-bond acceptors (Lipinski definition) is 3. The first kappa shape index (κ1) is 15.8. The molecule has 1 aliphatic rings. The average molecular weight is 344 g/mol. The first-order valence-electron chi connectivity index (χ1n) is 8.01. The highest BCUT2D eigenvalue weighted by Gasteiger charge is 2.38. The van der Waals surface area contributed by atoms with Gasteiger partial charge in [-0.1, -0.05) is 18.2 Å². The summed E-state index contributed by atoms with van der Waals surface area (Å²) in [6.45, 7) is 0.188. The fourth-order valence-corrected chi connectivity index (χ4v) is 3.17. The van der Waals surface area contributed by atoms with Crippen LogP contribution in [0.5, 0.6) is 0 Å². The van der Waals surface area contributed by atoms with Gasteiger partial charge in [0.1, 0.15) is 11.5 Å². The molecule has 3 aromatic rings. The van der Waals surface area contributed by atoms with E-state index in [0.29, 0.717) is 28.3 Å². The van der Waals surface area contributed by atoms with E-state index < -0.39 is 12.3 Å². The smallest absolute Gasteiger partial charge is 0.252 e. The Kier molecular flexibility index (Phi) is 3.78. The maximum Gasteiger partial charge on any atom is 0.252 e. The third-order valence-electron chi connectivity index (χ3n) is 4.38. The van der Waals surface area contributed by atoms with Gasteiger partial charge in [-0.3, -0.25) is 4.68 Å². The molecule has 0 amide bonds. The number of hydrogen-bond donors (Lipinski definition) is 0. The van der Waals surface area contributed by atoms with Crippen molar-refractivity contribution in [1.82, 2.24) is 19.7 Å². The third kappa shape index (κ3) is 3.01. The van der Waals surface area contributed by atoms with E-state index in [-0.39, 0.29) is 25.2 Å². The molecule has 7 heteroatoms. The zero-order valence-electron chi connectivity index (χ0n) is 13.3. The Balaban J connectivity index is 1.81. The Morgan fingerprint density at radius 3 is 2.60 bits per heavy atom. The first-order valence-corrected chi connectivity index (χ1v) is 8.01. The van der Waals surface area contributed by atoms with Crippen molar-refractivity contribution in [3.63, 3.8) is 0 Å². The van der Waals surface area contributed by atoms with Gasteiger partial charge in [0, 0.05) is 42.1 Å². The van der Waals surface area contributed by atoms with Crippen LogP contribution >= 0.6 is 0 Å². The topological polar surface area (TPSA) is 43.6 Å². The molecule has 0 spiro atoms. The summed E-state index contributed by atoms with van der Waals surface area (Å²) in [7, 11) is 0. The molecule has 25 heavy (non-hydrogen) atoms. The molecule has 0 radical (unpaired) electrons. The Bertz CT molecular complexity index is 906. The highest BCUT2D eigenvalue weighted by atomic mass is 19.3. The summed E-state index contributed by atoms with van der Waals surface area (Å²) in [6, 6.07) is 8.05. The van der Waals surface area contributed by atoms with E-state index in [9.17, 15) is 13.2 Å². The van der Waals surface area contributed by atoms with Crippen LogP contribution in [0.15, 0.2) is 42.7 Å². The van der Waals surface area contributed by atoms with Crippen LogP contribution < -0.4 is 0 Å². The van der Waals surface area contributed by atoms with Crippen molar-refractivity contribution in [2.75, 3.05) is 0 Å². The van der Waals surface area contributed by atoms with Gasteiger partial charge in [-0.25, -0.2) is 23.1 Å². The van der Waals surface area contributed by atoms with Gasteiger partial charge in [0.15, 0.2) is 5.82 Å². The van der Waals surface area contributed by atoms with Crippen molar-refractivity contribution in [3.05, 3.63) is 65.4 Å². The third-order valence-corrected chi connectivity index (χ3v) is 4.38. The van der Waals surface area contributed by atoms with Gasteiger partial charge >= 0.3 is 0 Å². The summed E-state index contributed by atoms with van der Waals surface area (Å²) < 4.78 is 43.5. The summed E-state index contributed by atoms with van der Waals surface area (Å²) in [6.07, 6.45) is 2.65. The molecular weight excluding hydrogens is 329 g/mol. The summed E-state index contributed by atoms with van der Waals surface area (Å²) >= 11 is 0. The molecule has 1 aromatic carbocycles. The molecule has 2 heterocycles.